The van der Waals surface area contributed by atoms with Crippen LogP contribution in [0.5, 0.6) is 0 Å². The molecule has 0 bridgehead atoms. The molecule has 4 rings (SSSR count). The molecule has 2 aromatic rings. The maximum atomic E-state index is 12.4. The lowest BCUT2D eigenvalue weighted by atomic mass is 10.1. The third-order valence-electron chi connectivity index (χ3n) is 4.36. The molecule has 0 saturated carbocycles. The van der Waals surface area contributed by atoms with Gasteiger partial charge in [-0.3, -0.25) is 4.79 Å². The highest BCUT2D eigenvalue weighted by molar-refractivity contribution is 9.11. The number of nitrogens with zero attached hydrogens (tertiary/aromatic N) is 1. The van der Waals surface area contributed by atoms with Gasteiger partial charge in [-0.1, -0.05) is 60.7 Å². The highest BCUT2D eigenvalue weighted by Crippen LogP contribution is 2.44. The normalized spacial score (nSPS) is 23.2. The molecule has 2 aliphatic rings. The fourth-order valence-corrected chi connectivity index (χ4v) is 4.13. The van der Waals surface area contributed by atoms with Crippen LogP contribution in [0, 0.1) is 0 Å². The van der Waals surface area contributed by atoms with Crippen LogP contribution in [0.25, 0.3) is 5.76 Å². The number of benzene rings is 2. The highest BCUT2D eigenvalue weighted by atomic mass is 79.9. The molecular weight excluding hydrogens is 354 g/mol. The third-order valence-corrected chi connectivity index (χ3v) is 5.19. The largest absolute Gasteiger partial charge is 0.486 e. The van der Waals surface area contributed by atoms with Crippen LogP contribution in [0.2, 0.25) is 0 Å². The summed E-state index contributed by atoms with van der Waals surface area (Å²) >= 11 is 3.69. The summed E-state index contributed by atoms with van der Waals surface area (Å²) in [5, 5.41) is 0. The molecule has 0 spiro atoms. The zero-order valence-corrected chi connectivity index (χ0v) is 14.1. The monoisotopic (exact) mass is 369 g/mol. The SMILES string of the molecule is O=C1C[C@@H]2OC(c3ccccc3)=C(Br)[C@@H]2N1Cc1ccccc1. The van der Waals surface area contributed by atoms with E-state index in [9.17, 15) is 4.79 Å². The van der Waals surface area contributed by atoms with E-state index in [1.807, 2.05) is 65.6 Å². The molecular formula is C19H16BrNO2. The van der Waals surface area contributed by atoms with Crippen molar-refractivity contribution >= 4 is 27.6 Å². The van der Waals surface area contributed by atoms with Crippen molar-refractivity contribution < 1.29 is 9.53 Å². The van der Waals surface area contributed by atoms with Gasteiger partial charge in [-0.15, -0.1) is 0 Å². The lowest BCUT2D eigenvalue weighted by Crippen LogP contribution is -2.34. The Labute approximate surface area is 143 Å². The number of carbonyl (C=O) groups is 1. The summed E-state index contributed by atoms with van der Waals surface area (Å²) in [5.41, 5.74) is 2.18. The molecule has 23 heavy (non-hydrogen) atoms. The minimum Gasteiger partial charge on any atom is -0.486 e. The quantitative estimate of drug-likeness (QED) is 0.819. The Bertz CT molecular complexity index is 757. The predicted octanol–water partition coefficient (Wildman–Crippen LogP) is 3.95. The first kappa shape index (κ1) is 14.5. The summed E-state index contributed by atoms with van der Waals surface area (Å²) in [4.78, 5) is 14.3. The number of ether oxygens (including phenoxy) is 1. The van der Waals surface area contributed by atoms with Crippen molar-refractivity contribution in [2.45, 2.75) is 25.1 Å². The Hall–Kier alpha value is -2.07. The maximum absolute atomic E-state index is 12.4. The second-order valence-corrected chi connectivity index (χ2v) is 6.71. The molecule has 0 N–H and O–H groups in total. The highest BCUT2D eigenvalue weighted by Gasteiger charge is 2.48. The number of fused-ring (bicyclic) bond motifs is 1. The minimum atomic E-state index is -0.101. The van der Waals surface area contributed by atoms with Gasteiger partial charge in [-0.25, -0.2) is 0 Å². The van der Waals surface area contributed by atoms with Crippen molar-refractivity contribution in [2.75, 3.05) is 0 Å². The lowest BCUT2D eigenvalue weighted by molar-refractivity contribution is -0.129. The molecule has 116 valence electrons. The van der Waals surface area contributed by atoms with E-state index in [1.54, 1.807) is 0 Å². The molecule has 3 nitrogen and oxygen atoms in total. The zero-order chi connectivity index (χ0) is 15.8. The second kappa shape index (κ2) is 5.85. The van der Waals surface area contributed by atoms with Crippen molar-refractivity contribution in [1.82, 2.24) is 4.90 Å². The number of likely N-dealkylation sites (tertiary alicyclic amines) is 1. The standard InChI is InChI=1S/C19H16BrNO2/c20-17-18-15(23-19(17)14-9-5-2-6-10-14)11-16(22)21(18)12-13-7-3-1-4-8-13/h1-10,15,18H,11-12H2/t15-,18+/m0/s1. The smallest absolute Gasteiger partial charge is 0.227 e. The van der Waals surface area contributed by atoms with E-state index in [0.717, 1.165) is 21.4 Å². The van der Waals surface area contributed by atoms with Gasteiger partial charge in [0.2, 0.25) is 5.91 Å². The molecule has 4 heteroatoms. The molecule has 0 radical (unpaired) electrons. The summed E-state index contributed by atoms with van der Waals surface area (Å²) in [6.45, 7) is 0.612. The average molecular weight is 370 g/mol. The summed E-state index contributed by atoms with van der Waals surface area (Å²) < 4.78 is 7.06. The Balaban J connectivity index is 1.65. The summed E-state index contributed by atoms with van der Waals surface area (Å²) in [6, 6.07) is 20.1. The molecule has 0 unspecified atom stereocenters. The number of rotatable bonds is 3. The molecule has 1 amide bonds. The van der Waals surface area contributed by atoms with Gasteiger partial charge in [0.25, 0.3) is 0 Å². The number of halogens is 1. The van der Waals surface area contributed by atoms with Gasteiger partial charge >= 0.3 is 0 Å². The Morgan fingerprint density at radius 1 is 1.04 bits per heavy atom. The summed E-state index contributed by atoms with van der Waals surface area (Å²) in [7, 11) is 0. The maximum Gasteiger partial charge on any atom is 0.227 e. The van der Waals surface area contributed by atoms with Crippen LogP contribution in [0.15, 0.2) is 65.1 Å². The van der Waals surface area contributed by atoms with E-state index in [1.165, 1.54) is 0 Å². The molecule has 0 aromatic heterocycles. The fraction of sp³-hybridized carbons (Fsp3) is 0.211. The predicted molar refractivity (Wildman–Crippen MR) is 92.6 cm³/mol. The molecule has 2 aliphatic heterocycles. The summed E-state index contributed by atoms with van der Waals surface area (Å²) in [6.07, 6.45) is 0.332. The first-order valence-corrected chi connectivity index (χ1v) is 8.48. The topological polar surface area (TPSA) is 29.5 Å². The number of hydrogen-bond acceptors (Lipinski definition) is 2. The van der Waals surface area contributed by atoms with E-state index in [0.29, 0.717) is 13.0 Å². The fourth-order valence-electron chi connectivity index (χ4n) is 3.27. The van der Waals surface area contributed by atoms with E-state index in [-0.39, 0.29) is 18.1 Å². The van der Waals surface area contributed by atoms with E-state index >= 15 is 0 Å². The van der Waals surface area contributed by atoms with E-state index in [4.69, 9.17) is 4.74 Å². The van der Waals surface area contributed by atoms with Crippen LogP contribution in [-0.4, -0.2) is 23.0 Å². The van der Waals surface area contributed by atoms with Crippen LogP contribution in [0.1, 0.15) is 17.5 Å². The number of amides is 1. The van der Waals surface area contributed by atoms with Gasteiger partial charge in [0, 0.05) is 12.1 Å². The van der Waals surface area contributed by atoms with Crippen LogP contribution in [0.3, 0.4) is 0 Å². The number of carbonyl (C=O) groups excluding carboxylic acids is 1. The van der Waals surface area contributed by atoms with Crippen LogP contribution in [0.4, 0.5) is 0 Å². The first-order chi connectivity index (χ1) is 11.2. The van der Waals surface area contributed by atoms with Crippen molar-refractivity contribution in [3.8, 4) is 0 Å². The Kier molecular flexibility index (Phi) is 3.69. The molecule has 2 atom stereocenters. The van der Waals surface area contributed by atoms with Gasteiger partial charge in [-0.05, 0) is 21.5 Å². The third kappa shape index (κ3) is 2.57. The summed E-state index contributed by atoms with van der Waals surface area (Å²) in [5.74, 6) is 0.999. The average Bonchev–Trinajstić information content (AvgIpc) is 3.06. The van der Waals surface area contributed by atoms with E-state index < -0.39 is 0 Å². The molecule has 1 saturated heterocycles. The second-order valence-electron chi connectivity index (χ2n) is 5.86. The van der Waals surface area contributed by atoms with Gasteiger partial charge in [-0.2, -0.15) is 0 Å². The first-order valence-electron chi connectivity index (χ1n) is 7.69. The number of hydrogen-bond donors (Lipinski definition) is 0. The molecule has 0 aliphatic carbocycles. The van der Waals surface area contributed by atoms with Gasteiger partial charge in [0.1, 0.15) is 17.9 Å². The van der Waals surface area contributed by atoms with Crippen LogP contribution < -0.4 is 0 Å². The van der Waals surface area contributed by atoms with Crippen molar-refractivity contribution in [1.29, 1.82) is 0 Å². The van der Waals surface area contributed by atoms with Crippen molar-refractivity contribution in [3.63, 3.8) is 0 Å². The van der Waals surface area contributed by atoms with Crippen LogP contribution >= 0.6 is 15.9 Å². The van der Waals surface area contributed by atoms with Crippen molar-refractivity contribution in [2.24, 2.45) is 0 Å². The molecule has 2 aromatic carbocycles. The Morgan fingerprint density at radius 2 is 1.70 bits per heavy atom. The molecule has 1 fully saturated rings. The minimum absolute atomic E-state index is 0.0297. The van der Waals surface area contributed by atoms with Gasteiger partial charge in [0.15, 0.2) is 0 Å². The Morgan fingerprint density at radius 3 is 2.39 bits per heavy atom. The zero-order valence-electron chi connectivity index (χ0n) is 12.5. The van der Waals surface area contributed by atoms with E-state index in [2.05, 4.69) is 15.9 Å². The lowest BCUT2D eigenvalue weighted by Gasteiger charge is -2.23. The molecule has 2 heterocycles. The van der Waals surface area contributed by atoms with Gasteiger partial charge < -0.3 is 9.64 Å². The van der Waals surface area contributed by atoms with Crippen LogP contribution in [-0.2, 0) is 16.1 Å². The van der Waals surface area contributed by atoms with Crippen molar-refractivity contribution in [3.05, 3.63) is 76.3 Å². The van der Waals surface area contributed by atoms with Gasteiger partial charge in [0.05, 0.1) is 10.9 Å².